The summed E-state index contributed by atoms with van der Waals surface area (Å²) in [5, 5.41) is 0. The molecule has 0 bridgehead atoms. The number of benzene rings is 1. The molecule has 0 spiro atoms. The molecule has 1 aromatic heterocycles. The number of carbonyl (C=O) groups is 1. The van der Waals surface area contributed by atoms with Gasteiger partial charge in [-0.1, -0.05) is 12.1 Å². The van der Waals surface area contributed by atoms with Crippen LogP contribution < -0.4 is 4.90 Å². The molecule has 1 aliphatic rings. The molecule has 2 aromatic rings. The van der Waals surface area contributed by atoms with Gasteiger partial charge in [0.15, 0.2) is 5.78 Å². The van der Waals surface area contributed by atoms with Crippen LogP contribution in [0.25, 0.3) is 0 Å². The van der Waals surface area contributed by atoms with Gasteiger partial charge in [-0.3, -0.25) is 4.79 Å². The lowest BCUT2D eigenvalue weighted by atomic mass is 10.0. The summed E-state index contributed by atoms with van der Waals surface area (Å²) in [7, 11) is 4.08. The largest absolute Gasteiger partial charge is 0.378 e. The second-order valence-corrected chi connectivity index (χ2v) is 7.51. The standard InChI is InChI=1S/C19H23NOS/c1-13-16-5-4-6-17(16)19(22-13)18(21)12-9-14-7-10-15(11-8-14)20(2)3/h7-8,10-11H,4-6,9,12H2,1-3H3. The third kappa shape index (κ3) is 2.95. The zero-order valence-corrected chi connectivity index (χ0v) is 14.4. The molecule has 0 radical (unpaired) electrons. The fourth-order valence-electron chi connectivity index (χ4n) is 3.22. The fraction of sp³-hybridized carbons (Fsp3) is 0.421. The van der Waals surface area contributed by atoms with E-state index < -0.39 is 0 Å². The van der Waals surface area contributed by atoms with Crippen molar-refractivity contribution < 1.29 is 4.79 Å². The molecule has 3 rings (SSSR count). The molecule has 0 amide bonds. The van der Waals surface area contributed by atoms with E-state index in [1.807, 2.05) is 14.1 Å². The summed E-state index contributed by atoms with van der Waals surface area (Å²) in [5.74, 6) is 0.327. The number of hydrogen-bond donors (Lipinski definition) is 0. The van der Waals surface area contributed by atoms with Gasteiger partial charge < -0.3 is 4.90 Å². The van der Waals surface area contributed by atoms with Crippen LogP contribution in [0.2, 0.25) is 0 Å². The van der Waals surface area contributed by atoms with Crippen molar-refractivity contribution in [3.63, 3.8) is 0 Å². The van der Waals surface area contributed by atoms with Gasteiger partial charge in [-0.15, -0.1) is 11.3 Å². The van der Waals surface area contributed by atoms with Crippen LogP contribution in [-0.2, 0) is 19.3 Å². The Bertz CT molecular complexity index is 682. The summed E-state index contributed by atoms with van der Waals surface area (Å²) in [5.41, 5.74) is 5.25. The predicted molar refractivity (Wildman–Crippen MR) is 94.5 cm³/mol. The number of rotatable bonds is 5. The topological polar surface area (TPSA) is 20.3 Å². The number of anilines is 1. The maximum atomic E-state index is 12.6. The average Bonchev–Trinajstić information content (AvgIpc) is 3.09. The Kier molecular flexibility index (Phi) is 4.34. The molecule has 0 fully saturated rings. The van der Waals surface area contributed by atoms with E-state index in [4.69, 9.17) is 0 Å². The van der Waals surface area contributed by atoms with E-state index in [9.17, 15) is 4.79 Å². The van der Waals surface area contributed by atoms with Gasteiger partial charge in [0.05, 0.1) is 4.88 Å². The average molecular weight is 313 g/mol. The Morgan fingerprint density at radius 1 is 1.14 bits per heavy atom. The third-order valence-electron chi connectivity index (χ3n) is 4.52. The van der Waals surface area contributed by atoms with E-state index in [2.05, 4.69) is 36.1 Å². The van der Waals surface area contributed by atoms with Gasteiger partial charge in [0, 0.05) is 31.1 Å². The van der Waals surface area contributed by atoms with Crippen molar-refractivity contribution in [1.82, 2.24) is 0 Å². The summed E-state index contributed by atoms with van der Waals surface area (Å²) in [4.78, 5) is 17.0. The number of aryl methyl sites for hydroxylation is 2. The van der Waals surface area contributed by atoms with Crippen molar-refractivity contribution in [1.29, 1.82) is 0 Å². The number of carbonyl (C=O) groups excluding carboxylic acids is 1. The molecular formula is C19H23NOS. The molecule has 1 heterocycles. The van der Waals surface area contributed by atoms with Crippen molar-refractivity contribution in [2.45, 2.75) is 39.0 Å². The number of thiophene rings is 1. The zero-order valence-electron chi connectivity index (χ0n) is 13.6. The highest BCUT2D eigenvalue weighted by atomic mass is 32.1. The number of nitrogens with zero attached hydrogens (tertiary/aromatic N) is 1. The number of ketones is 1. The second-order valence-electron chi connectivity index (χ2n) is 6.28. The summed E-state index contributed by atoms with van der Waals surface area (Å²) in [6, 6.07) is 8.50. The van der Waals surface area contributed by atoms with Crippen LogP contribution in [-0.4, -0.2) is 19.9 Å². The molecule has 1 aliphatic carbocycles. The quantitative estimate of drug-likeness (QED) is 0.761. The lowest BCUT2D eigenvalue weighted by molar-refractivity contribution is 0.0986. The molecule has 1 aromatic carbocycles. The Morgan fingerprint density at radius 3 is 2.50 bits per heavy atom. The molecule has 2 nitrogen and oxygen atoms in total. The zero-order chi connectivity index (χ0) is 15.7. The van der Waals surface area contributed by atoms with E-state index in [0.717, 1.165) is 24.1 Å². The molecule has 0 N–H and O–H groups in total. The SMILES string of the molecule is Cc1sc(C(=O)CCc2ccc(N(C)C)cc2)c2c1CCC2. The van der Waals surface area contributed by atoms with E-state index in [1.54, 1.807) is 11.3 Å². The van der Waals surface area contributed by atoms with Crippen molar-refractivity contribution >= 4 is 22.8 Å². The van der Waals surface area contributed by atoms with Gasteiger partial charge in [0.2, 0.25) is 0 Å². The number of Topliss-reactive ketones (excluding diaryl/α,β-unsaturated/α-hetero) is 1. The highest BCUT2D eigenvalue weighted by Crippen LogP contribution is 2.35. The van der Waals surface area contributed by atoms with Crippen molar-refractivity contribution in [3.8, 4) is 0 Å². The van der Waals surface area contributed by atoms with Crippen molar-refractivity contribution in [2.24, 2.45) is 0 Å². The Balaban J connectivity index is 1.66. The van der Waals surface area contributed by atoms with Gasteiger partial charge in [0.25, 0.3) is 0 Å². The van der Waals surface area contributed by atoms with Gasteiger partial charge in [-0.05, 0) is 61.4 Å². The Hall–Kier alpha value is -1.61. The lowest BCUT2D eigenvalue weighted by Crippen LogP contribution is -2.08. The fourth-order valence-corrected chi connectivity index (χ4v) is 4.44. The first kappa shape index (κ1) is 15.3. The summed E-state index contributed by atoms with van der Waals surface area (Å²) in [6.45, 7) is 2.16. The first-order valence-corrected chi connectivity index (χ1v) is 8.78. The van der Waals surface area contributed by atoms with Crippen LogP contribution in [0.5, 0.6) is 0 Å². The third-order valence-corrected chi connectivity index (χ3v) is 5.75. The van der Waals surface area contributed by atoms with Crippen LogP contribution in [0.1, 0.15) is 44.1 Å². The highest BCUT2D eigenvalue weighted by molar-refractivity contribution is 7.14. The normalized spacial score (nSPS) is 13.2. The lowest BCUT2D eigenvalue weighted by Gasteiger charge is -2.12. The van der Waals surface area contributed by atoms with Crippen LogP contribution in [0.4, 0.5) is 5.69 Å². The van der Waals surface area contributed by atoms with Gasteiger partial charge in [-0.2, -0.15) is 0 Å². The van der Waals surface area contributed by atoms with Crippen LogP contribution in [0.3, 0.4) is 0 Å². The van der Waals surface area contributed by atoms with E-state index >= 15 is 0 Å². The van der Waals surface area contributed by atoms with Crippen molar-refractivity contribution in [3.05, 3.63) is 50.7 Å². The van der Waals surface area contributed by atoms with Crippen LogP contribution in [0, 0.1) is 6.92 Å². The summed E-state index contributed by atoms with van der Waals surface area (Å²) >= 11 is 1.71. The van der Waals surface area contributed by atoms with Gasteiger partial charge in [-0.25, -0.2) is 0 Å². The first-order valence-electron chi connectivity index (χ1n) is 7.97. The summed E-state index contributed by atoms with van der Waals surface area (Å²) in [6.07, 6.45) is 4.92. The smallest absolute Gasteiger partial charge is 0.173 e. The molecule has 22 heavy (non-hydrogen) atoms. The predicted octanol–water partition coefficient (Wildman–Crippen LogP) is 4.43. The minimum absolute atomic E-state index is 0.327. The molecule has 3 heteroatoms. The molecule has 0 saturated heterocycles. The highest BCUT2D eigenvalue weighted by Gasteiger charge is 2.23. The molecule has 116 valence electrons. The Labute approximate surface area is 136 Å². The first-order chi connectivity index (χ1) is 10.6. The molecular weight excluding hydrogens is 290 g/mol. The molecule has 0 saturated carbocycles. The van der Waals surface area contributed by atoms with Crippen molar-refractivity contribution in [2.75, 3.05) is 19.0 Å². The molecule has 0 atom stereocenters. The van der Waals surface area contributed by atoms with E-state index in [1.165, 1.54) is 33.7 Å². The Morgan fingerprint density at radius 2 is 1.82 bits per heavy atom. The van der Waals surface area contributed by atoms with E-state index in [0.29, 0.717) is 12.2 Å². The number of fused-ring (bicyclic) bond motifs is 1. The van der Waals surface area contributed by atoms with E-state index in [-0.39, 0.29) is 0 Å². The van der Waals surface area contributed by atoms with Gasteiger partial charge in [0.1, 0.15) is 0 Å². The molecule has 0 aliphatic heterocycles. The minimum Gasteiger partial charge on any atom is -0.378 e. The maximum Gasteiger partial charge on any atom is 0.173 e. The second kappa shape index (κ2) is 6.25. The monoisotopic (exact) mass is 313 g/mol. The van der Waals surface area contributed by atoms with Crippen LogP contribution in [0.15, 0.2) is 24.3 Å². The maximum absolute atomic E-state index is 12.6. The molecule has 0 unspecified atom stereocenters. The number of hydrogen-bond acceptors (Lipinski definition) is 3. The van der Waals surface area contributed by atoms with Crippen LogP contribution >= 0.6 is 11.3 Å². The minimum atomic E-state index is 0.327. The summed E-state index contributed by atoms with van der Waals surface area (Å²) < 4.78 is 0. The van der Waals surface area contributed by atoms with Gasteiger partial charge >= 0.3 is 0 Å².